The fraction of sp³-hybridized carbons (Fsp3) is 0.0909. The monoisotopic (exact) mass is 290 g/mol. The molecule has 1 aromatic carbocycles. The number of aromatic amines is 1. The SMILES string of the molecule is Cc1c(Cl)[nH]c(=O)n(-c2c(F)cc(F)cc2F)c1=O. The molecule has 0 atom stereocenters. The normalized spacial score (nSPS) is 10.8. The molecule has 1 N–H and O–H groups in total. The molecular weight excluding hydrogens is 285 g/mol. The number of benzene rings is 1. The van der Waals surface area contributed by atoms with Crippen molar-refractivity contribution in [3.63, 3.8) is 0 Å². The Hall–Kier alpha value is -2.02. The first-order valence-corrected chi connectivity index (χ1v) is 5.37. The number of H-pyrrole nitrogens is 1. The molecule has 0 aliphatic heterocycles. The summed E-state index contributed by atoms with van der Waals surface area (Å²) < 4.78 is 40.1. The van der Waals surface area contributed by atoms with Gasteiger partial charge in [0.25, 0.3) is 5.56 Å². The van der Waals surface area contributed by atoms with Crippen LogP contribution in [0.4, 0.5) is 13.2 Å². The van der Waals surface area contributed by atoms with Crippen LogP contribution in [-0.4, -0.2) is 9.55 Å². The number of rotatable bonds is 1. The van der Waals surface area contributed by atoms with E-state index in [0.29, 0.717) is 12.1 Å². The van der Waals surface area contributed by atoms with Crippen molar-refractivity contribution in [2.75, 3.05) is 0 Å². The summed E-state index contributed by atoms with van der Waals surface area (Å²) in [4.78, 5) is 25.5. The fourth-order valence-electron chi connectivity index (χ4n) is 1.55. The zero-order chi connectivity index (χ0) is 14.3. The van der Waals surface area contributed by atoms with E-state index in [9.17, 15) is 22.8 Å². The molecule has 0 bridgehead atoms. The molecule has 1 heterocycles. The number of nitrogens with zero attached hydrogens (tertiary/aromatic N) is 1. The van der Waals surface area contributed by atoms with Crippen molar-refractivity contribution in [1.29, 1.82) is 0 Å². The molecule has 2 rings (SSSR count). The molecule has 1 aromatic heterocycles. The van der Waals surface area contributed by atoms with Gasteiger partial charge in [-0.15, -0.1) is 0 Å². The van der Waals surface area contributed by atoms with E-state index in [2.05, 4.69) is 4.98 Å². The van der Waals surface area contributed by atoms with Gasteiger partial charge in [0.05, 0.1) is 5.56 Å². The third-order valence-electron chi connectivity index (χ3n) is 2.48. The summed E-state index contributed by atoms with van der Waals surface area (Å²) in [6.45, 7) is 1.27. The second kappa shape index (κ2) is 4.58. The molecule has 0 spiro atoms. The summed E-state index contributed by atoms with van der Waals surface area (Å²) in [7, 11) is 0. The molecule has 0 saturated carbocycles. The minimum atomic E-state index is -1.37. The van der Waals surface area contributed by atoms with E-state index < -0.39 is 34.4 Å². The van der Waals surface area contributed by atoms with E-state index in [0.717, 1.165) is 0 Å². The third kappa shape index (κ3) is 2.17. The summed E-state index contributed by atoms with van der Waals surface area (Å²) in [6, 6.07) is 0.739. The highest BCUT2D eigenvalue weighted by atomic mass is 35.5. The Morgan fingerprint density at radius 3 is 2.21 bits per heavy atom. The van der Waals surface area contributed by atoms with E-state index >= 15 is 0 Å². The molecule has 2 aromatic rings. The topological polar surface area (TPSA) is 54.9 Å². The molecule has 19 heavy (non-hydrogen) atoms. The van der Waals surface area contributed by atoms with Crippen molar-refractivity contribution in [2.45, 2.75) is 6.92 Å². The van der Waals surface area contributed by atoms with Crippen LogP contribution >= 0.6 is 11.6 Å². The number of hydrogen-bond donors (Lipinski definition) is 1. The lowest BCUT2D eigenvalue weighted by atomic mass is 10.2. The first-order valence-electron chi connectivity index (χ1n) is 4.99. The van der Waals surface area contributed by atoms with Crippen molar-refractivity contribution in [1.82, 2.24) is 9.55 Å². The third-order valence-corrected chi connectivity index (χ3v) is 2.86. The minimum Gasteiger partial charge on any atom is -0.297 e. The van der Waals surface area contributed by atoms with Gasteiger partial charge in [0.15, 0.2) is 11.6 Å². The molecule has 8 heteroatoms. The summed E-state index contributed by atoms with van der Waals surface area (Å²) in [5.41, 5.74) is -3.15. The van der Waals surface area contributed by atoms with Gasteiger partial charge in [-0.25, -0.2) is 22.5 Å². The van der Waals surface area contributed by atoms with Crippen LogP contribution in [-0.2, 0) is 0 Å². The Morgan fingerprint density at radius 1 is 1.16 bits per heavy atom. The Labute approximate surface area is 109 Å². The van der Waals surface area contributed by atoms with Gasteiger partial charge in [0.1, 0.15) is 16.7 Å². The van der Waals surface area contributed by atoms with E-state index in [1.807, 2.05) is 0 Å². The Morgan fingerprint density at radius 2 is 1.68 bits per heavy atom. The second-order valence-corrected chi connectivity index (χ2v) is 4.11. The van der Waals surface area contributed by atoms with E-state index in [1.165, 1.54) is 6.92 Å². The van der Waals surface area contributed by atoms with Crippen LogP contribution in [0.1, 0.15) is 5.56 Å². The first-order chi connectivity index (χ1) is 8.82. The van der Waals surface area contributed by atoms with Crippen LogP contribution in [0.15, 0.2) is 21.7 Å². The van der Waals surface area contributed by atoms with Crippen LogP contribution < -0.4 is 11.2 Å². The van der Waals surface area contributed by atoms with Crippen LogP contribution in [0, 0.1) is 24.4 Å². The lowest BCUT2D eigenvalue weighted by Gasteiger charge is -2.08. The van der Waals surface area contributed by atoms with Crippen LogP contribution in [0.2, 0.25) is 5.15 Å². The van der Waals surface area contributed by atoms with Crippen molar-refractivity contribution in [2.24, 2.45) is 0 Å². The zero-order valence-electron chi connectivity index (χ0n) is 9.43. The van der Waals surface area contributed by atoms with Crippen LogP contribution in [0.25, 0.3) is 5.69 Å². The Bertz CT molecular complexity index is 759. The molecule has 0 unspecified atom stereocenters. The summed E-state index contributed by atoms with van der Waals surface area (Å²) in [5.74, 6) is -3.90. The summed E-state index contributed by atoms with van der Waals surface area (Å²) >= 11 is 5.57. The standard InChI is InChI=1S/C11H6ClF3N2O2/c1-4-9(12)16-11(19)17(10(4)18)8-6(14)2-5(13)3-7(8)15/h2-3H,1H3,(H,16,19). The molecule has 100 valence electrons. The molecule has 4 nitrogen and oxygen atoms in total. The van der Waals surface area contributed by atoms with Crippen molar-refractivity contribution in [3.8, 4) is 5.69 Å². The maximum atomic E-state index is 13.6. The van der Waals surface area contributed by atoms with Gasteiger partial charge >= 0.3 is 5.69 Å². The molecule has 0 aliphatic rings. The maximum Gasteiger partial charge on any atom is 0.334 e. The summed E-state index contributed by atoms with van der Waals surface area (Å²) in [6.07, 6.45) is 0. The molecule has 0 saturated heterocycles. The average molecular weight is 291 g/mol. The highest BCUT2D eigenvalue weighted by molar-refractivity contribution is 6.30. The lowest BCUT2D eigenvalue weighted by Crippen LogP contribution is -2.36. The highest BCUT2D eigenvalue weighted by Crippen LogP contribution is 2.17. The Kier molecular flexibility index (Phi) is 3.23. The smallest absolute Gasteiger partial charge is 0.297 e. The number of halogens is 4. The van der Waals surface area contributed by atoms with Gasteiger partial charge in [-0.1, -0.05) is 11.6 Å². The summed E-state index contributed by atoms with van der Waals surface area (Å²) in [5, 5.41) is -0.228. The minimum absolute atomic E-state index is 0.0932. The lowest BCUT2D eigenvalue weighted by molar-refractivity contribution is 0.529. The van der Waals surface area contributed by atoms with Crippen molar-refractivity contribution in [3.05, 3.63) is 61.1 Å². The average Bonchev–Trinajstić information content (AvgIpc) is 2.29. The van der Waals surface area contributed by atoms with Gasteiger partial charge < -0.3 is 0 Å². The predicted molar refractivity (Wildman–Crippen MR) is 62.3 cm³/mol. The van der Waals surface area contributed by atoms with Gasteiger partial charge in [0.2, 0.25) is 0 Å². The maximum absolute atomic E-state index is 13.6. The van der Waals surface area contributed by atoms with E-state index in [1.54, 1.807) is 0 Å². The molecule has 0 aliphatic carbocycles. The number of hydrogen-bond acceptors (Lipinski definition) is 2. The van der Waals surface area contributed by atoms with Crippen molar-refractivity contribution >= 4 is 11.6 Å². The molecule has 0 amide bonds. The first kappa shape index (κ1) is 13.4. The Balaban J connectivity index is 2.93. The fourth-order valence-corrected chi connectivity index (χ4v) is 1.71. The number of nitrogens with one attached hydrogen (secondary N) is 1. The second-order valence-electron chi connectivity index (χ2n) is 3.73. The van der Waals surface area contributed by atoms with Gasteiger partial charge in [0, 0.05) is 12.1 Å². The highest BCUT2D eigenvalue weighted by Gasteiger charge is 2.19. The molecular formula is C11H6ClF3N2O2. The van der Waals surface area contributed by atoms with Crippen LogP contribution in [0.5, 0.6) is 0 Å². The zero-order valence-corrected chi connectivity index (χ0v) is 10.2. The van der Waals surface area contributed by atoms with Crippen molar-refractivity contribution < 1.29 is 13.2 Å². The van der Waals surface area contributed by atoms with E-state index in [4.69, 9.17) is 11.6 Å². The quantitative estimate of drug-likeness (QED) is 0.816. The molecule has 0 fully saturated rings. The van der Waals surface area contributed by atoms with Crippen LogP contribution in [0.3, 0.4) is 0 Å². The van der Waals surface area contributed by atoms with Gasteiger partial charge in [-0.05, 0) is 6.92 Å². The predicted octanol–water partition coefficient (Wildman–Crippen LogP) is 1.90. The van der Waals surface area contributed by atoms with Gasteiger partial charge in [-0.3, -0.25) is 9.78 Å². The number of aromatic nitrogens is 2. The van der Waals surface area contributed by atoms with Gasteiger partial charge in [-0.2, -0.15) is 0 Å². The largest absolute Gasteiger partial charge is 0.334 e. The molecule has 0 radical (unpaired) electrons. The van der Waals surface area contributed by atoms with E-state index in [-0.39, 0.29) is 15.3 Å².